The molecule has 2 saturated heterocycles. The second kappa shape index (κ2) is 9.49. The normalized spacial score (nSPS) is 22.8. The molecule has 6 rings (SSSR count). The number of anilines is 2. The highest BCUT2D eigenvalue weighted by Crippen LogP contribution is 2.47. The Labute approximate surface area is 235 Å². The molecule has 3 aromatic carbocycles. The fourth-order valence-electron chi connectivity index (χ4n) is 5.99. The molecule has 3 aliphatic heterocycles. The number of piperazine rings is 1. The van der Waals surface area contributed by atoms with Gasteiger partial charge in [-0.1, -0.05) is 35.9 Å². The number of carbonyl (C=O) groups is 3. The van der Waals surface area contributed by atoms with Crippen molar-refractivity contribution in [1.29, 1.82) is 0 Å². The summed E-state index contributed by atoms with van der Waals surface area (Å²) in [5, 5.41) is 13.9. The monoisotopic (exact) mass is 575 g/mol. The minimum atomic E-state index is -4.00. The third kappa shape index (κ3) is 4.07. The number of hydrogen-bond donors (Lipinski definition) is 1. The van der Waals surface area contributed by atoms with Crippen molar-refractivity contribution >= 4 is 44.9 Å². The van der Waals surface area contributed by atoms with Crippen LogP contribution in [0.15, 0.2) is 77.7 Å². The number of barbiturate groups is 1. The van der Waals surface area contributed by atoms with Crippen LogP contribution in [0.25, 0.3) is 0 Å². The van der Waals surface area contributed by atoms with E-state index in [1.807, 2.05) is 6.92 Å². The summed E-state index contributed by atoms with van der Waals surface area (Å²) in [6.07, 6.45) is -0.259. The van der Waals surface area contributed by atoms with E-state index in [-0.39, 0.29) is 42.3 Å². The molecule has 3 aliphatic rings. The zero-order valence-corrected chi connectivity index (χ0v) is 22.7. The summed E-state index contributed by atoms with van der Waals surface area (Å²) in [6, 6.07) is 16.8. The van der Waals surface area contributed by atoms with Gasteiger partial charge in [0.15, 0.2) is 5.41 Å². The molecule has 3 heterocycles. The number of fused-ring (bicyclic) bond motifs is 4. The molecule has 2 atom stereocenters. The van der Waals surface area contributed by atoms with Crippen molar-refractivity contribution < 1.29 is 27.7 Å². The summed E-state index contributed by atoms with van der Waals surface area (Å²) in [6.45, 7) is 1.79. The van der Waals surface area contributed by atoms with Gasteiger partial charge in [0.2, 0.25) is 15.9 Å². The van der Waals surface area contributed by atoms with E-state index in [9.17, 15) is 32.9 Å². The topological polar surface area (TPSA) is 150 Å². The smallest absolute Gasteiger partial charge is 0.335 e. The molecule has 0 radical (unpaired) electrons. The number of benzene rings is 3. The first-order valence-corrected chi connectivity index (χ1v) is 14.3. The molecule has 0 aromatic heterocycles. The van der Waals surface area contributed by atoms with Gasteiger partial charge >= 0.3 is 6.03 Å². The highest BCUT2D eigenvalue weighted by Gasteiger charge is 2.63. The predicted octanol–water partition coefficient (Wildman–Crippen LogP) is 2.61. The number of aryl methyl sites for hydroxylation is 1. The summed E-state index contributed by atoms with van der Waals surface area (Å²) in [4.78, 5) is 54.9. The minimum absolute atomic E-state index is 0.0519. The van der Waals surface area contributed by atoms with Crippen molar-refractivity contribution in [2.75, 3.05) is 29.4 Å². The van der Waals surface area contributed by atoms with Crippen LogP contribution in [0.1, 0.15) is 11.1 Å². The second-order valence-corrected chi connectivity index (χ2v) is 12.3. The molecule has 1 N–H and O–H groups in total. The van der Waals surface area contributed by atoms with Crippen molar-refractivity contribution in [1.82, 2.24) is 9.62 Å². The Bertz CT molecular complexity index is 1710. The van der Waals surface area contributed by atoms with E-state index < -0.39 is 44.2 Å². The molecule has 12 nitrogen and oxygen atoms in total. The lowest BCUT2D eigenvalue weighted by Crippen LogP contribution is -2.75. The first kappa shape index (κ1) is 26.6. The quantitative estimate of drug-likeness (QED) is 0.283. The summed E-state index contributed by atoms with van der Waals surface area (Å²) >= 11 is 0. The Hall–Kier alpha value is -4.62. The number of imide groups is 2. The van der Waals surface area contributed by atoms with Crippen LogP contribution in [0, 0.1) is 22.5 Å². The van der Waals surface area contributed by atoms with E-state index in [1.165, 1.54) is 28.6 Å². The Balaban J connectivity index is 1.50. The number of nitrogens with zero attached hydrogens (tertiary/aromatic N) is 4. The second-order valence-electron chi connectivity index (χ2n) is 10.3. The predicted molar refractivity (Wildman–Crippen MR) is 148 cm³/mol. The number of non-ortho nitro benzene ring substituents is 1. The van der Waals surface area contributed by atoms with Crippen molar-refractivity contribution in [3.05, 3.63) is 94.0 Å². The van der Waals surface area contributed by atoms with Crippen LogP contribution in [0.3, 0.4) is 0 Å². The third-order valence-electron chi connectivity index (χ3n) is 8.05. The lowest BCUT2D eigenvalue weighted by Gasteiger charge is -2.54. The van der Waals surface area contributed by atoms with E-state index in [2.05, 4.69) is 5.32 Å². The summed E-state index contributed by atoms with van der Waals surface area (Å²) < 4.78 is 28.6. The largest absolute Gasteiger partial charge is 0.364 e. The fourth-order valence-corrected chi connectivity index (χ4v) is 7.42. The molecule has 3 aromatic rings. The standard InChI is InChI=1S/C28H25N5O7S/c1-18-7-10-22(11-8-18)41(39,40)30-13-14-31-23-12-9-21(33(37)38)15-19(23)16-28(24(31)17-30)25(34)29-27(36)32(26(28)35)20-5-3-2-4-6-20/h2-12,15,24H,13-14,16-17H2,1H3,(H,29,34,36). The number of urea groups is 1. The number of nitrogens with one attached hydrogen (secondary N) is 1. The van der Waals surface area contributed by atoms with Crippen LogP contribution < -0.4 is 15.1 Å². The van der Waals surface area contributed by atoms with Crippen molar-refractivity contribution in [3.8, 4) is 0 Å². The lowest BCUT2D eigenvalue weighted by molar-refractivity contribution is -0.384. The van der Waals surface area contributed by atoms with Gasteiger partial charge in [0, 0.05) is 43.9 Å². The number of sulfonamides is 1. The van der Waals surface area contributed by atoms with Gasteiger partial charge in [-0.15, -0.1) is 0 Å². The van der Waals surface area contributed by atoms with Gasteiger partial charge in [-0.3, -0.25) is 25.0 Å². The Morgan fingerprint density at radius 1 is 0.976 bits per heavy atom. The SMILES string of the molecule is Cc1ccc(S(=O)(=O)N2CCN3c4ccc([N+](=O)[O-])cc4CC4(C(=O)NC(=O)N(c5ccccc5)C4=O)C3C2)cc1. The molecular weight excluding hydrogens is 550 g/mol. The maximum Gasteiger partial charge on any atom is 0.335 e. The minimum Gasteiger partial charge on any atom is -0.364 e. The summed E-state index contributed by atoms with van der Waals surface area (Å²) in [5.74, 6) is -1.69. The van der Waals surface area contributed by atoms with Gasteiger partial charge in [0.05, 0.1) is 21.5 Å². The van der Waals surface area contributed by atoms with Crippen LogP contribution in [0.4, 0.5) is 21.9 Å². The zero-order chi connectivity index (χ0) is 29.1. The van der Waals surface area contributed by atoms with Gasteiger partial charge in [-0.2, -0.15) is 4.31 Å². The Kier molecular flexibility index (Phi) is 6.16. The first-order valence-electron chi connectivity index (χ1n) is 12.9. The maximum absolute atomic E-state index is 14.4. The zero-order valence-electron chi connectivity index (χ0n) is 21.9. The molecule has 0 saturated carbocycles. The first-order chi connectivity index (χ1) is 19.5. The highest BCUT2D eigenvalue weighted by molar-refractivity contribution is 7.89. The molecule has 0 bridgehead atoms. The van der Waals surface area contributed by atoms with Gasteiger partial charge in [-0.25, -0.2) is 18.1 Å². The Morgan fingerprint density at radius 2 is 1.68 bits per heavy atom. The van der Waals surface area contributed by atoms with Crippen LogP contribution in [-0.4, -0.2) is 61.2 Å². The number of amides is 4. The van der Waals surface area contributed by atoms with Crippen molar-refractivity contribution in [2.24, 2.45) is 5.41 Å². The van der Waals surface area contributed by atoms with E-state index in [1.54, 1.807) is 53.4 Å². The number of carbonyl (C=O) groups excluding carboxylic acids is 3. The van der Waals surface area contributed by atoms with E-state index in [0.717, 1.165) is 10.5 Å². The average molecular weight is 576 g/mol. The number of nitro groups is 1. The molecule has 1 spiro atoms. The fraction of sp³-hybridized carbons (Fsp3) is 0.250. The molecule has 2 fully saturated rings. The lowest BCUT2D eigenvalue weighted by atomic mass is 9.67. The van der Waals surface area contributed by atoms with Crippen molar-refractivity contribution in [3.63, 3.8) is 0 Å². The molecule has 2 unspecified atom stereocenters. The van der Waals surface area contributed by atoms with E-state index >= 15 is 0 Å². The summed E-state index contributed by atoms with van der Waals surface area (Å²) in [5.41, 5.74) is -0.0804. The van der Waals surface area contributed by atoms with Crippen molar-refractivity contribution in [2.45, 2.75) is 24.3 Å². The third-order valence-corrected chi connectivity index (χ3v) is 9.93. The average Bonchev–Trinajstić information content (AvgIpc) is 2.96. The van der Waals surface area contributed by atoms with Crippen LogP contribution >= 0.6 is 0 Å². The number of rotatable bonds is 4. The van der Waals surface area contributed by atoms with Gasteiger partial charge in [0.25, 0.3) is 11.6 Å². The number of para-hydroxylation sites is 1. The molecular formula is C28H25N5O7S. The van der Waals surface area contributed by atoms with Gasteiger partial charge in [-0.05, 0) is 42.8 Å². The van der Waals surface area contributed by atoms with E-state index in [4.69, 9.17) is 0 Å². The van der Waals surface area contributed by atoms with E-state index in [0.29, 0.717) is 11.3 Å². The molecule has 4 amide bonds. The molecule has 210 valence electrons. The number of hydrogen-bond acceptors (Lipinski definition) is 8. The number of nitro benzene ring substituents is 1. The Morgan fingerprint density at radius 3 is 2.37 bits per heavy atom. The van der Waals surface area contributed by atoms with Gasteiger partial charge in [0.1, 0.15) is 0 Å². The maximum atomic E-state index is 14.4. The highest BCUT2D eigenvalue weighted by atomic mass is 32.2. The molecule has 13 heteroatoms. The molecule has 41 heavy (non-hydrogen) atoms. The summed E-state index contributed by atoms with van der Waals surface area (Å²) in [7, 11) is -4.00. The van der Waals surface area contributed by atoms with Gasteiger partial charge < -0.3 is 4.90 Å². The van der Waals surface area contributed by atoms with Crippen LogP contribution in [0.2, 0.25) is 0 Å². The molecule has 0 aliphatic carbocycles. The van der Waals surface area contributed by atoms with Crippen LogP contribution in [-0.2, 0) is 26.0 Å². The van der Waals surface area contributed by atoms with Crippen LogP contribution in [0.5, 0.6) is 0 Å².